The highest BCUT2D eigenvalue weighted by molar-refractivity contribution is 7.09. The molecule has 1 aliphatic heterocycles. The van der Waals surface area contributed by atoms with Crippen molar-refractivity contribution in [3.05, 3.63) is 45.7 Å². The number of nitrogens with zero attached hydrogens (tertiary/aromatic N) is 3. The van der Waals surface area contributed by atoms with Crippen molar-refractivity contribution in [3.63, 3.8) is 0 Å². The Morgan fingerprint density at radius 2 is 2.17 bits per heavy atom. The molecule has 1 aromatic heterocycles. The molecule has 29 heavy (non-hydrogen) atoms. The summed E-state index contributed by atoms with van der Waals surface area (Å²) in [6.45, 7) is 5.48. The summed E-state index contributed by atoms with van der Waals surface area (Å²) in [6.07, 6.45) is 3.02. The van der Waals surface area contributed by atoms with Crippen LogP contribution < -0.4 is 15.4 Å². The molecule has 158 valence electrons. The molecule has 0 saturated carbocycles. The molecule has 1 fully saturated rings. The second-order valence-corrected chi connectivity index (χ2v) is 8.12. The number of hydrogen-bond donors (Lipinski definition) is 2. The number of aryl methyl sites for hydroxylation is 1. The number of aliphatic imine (C=N–C) groups is 1. The van der Waals surface area contributed by atoms with E-state index in [2.05, 4.69) is 37.8 Å². The maximum atomic E-state index is 13.9. The maximum absolute atomic E-state index is 13.9. The van der Waals surface area contributed by atoms with Gasteiger partial charge >= 0.3 is 0 Å². The monoisotopic (exact) mass is 419 g/mol. The number of likely N-dealkylation sites (tertiary alicyclic amines) is 1. The van der Waals surface area contributed by atoms with Crippen molar-refractivity contribution in [1.29, 1.82) is 0 Å². The fraction of sp³-hybridized carbons (Fsp3) is 0.524. The number of nitrogens with one attached hydrogen (secondary N) is 2. The summed E-state index contributed by atoms with van der Waals surface area (Å²) in [5, 5.41) is 10.1. The number of thiazole rings is 1. The highest BCUT2D eigenvalue weighted by atomic mass is 32.1. The van der Waals surface area contributed by atoms with E-state index >= 15 is 0 Å². The van der Waals surface area contributed by atoms with Crippen LogP contribution in [0.15, 0.2) is 28.6 Å². The zero-order valence-corrected chi connectivity index (χ0v) is 18.2. The minimum atomic E-state index is -0.303. The molecule has 2 N–H and O–H groups in total. The molecule has 2 heterocycles. The molecule has 0 aliphatic carbocycles. The van der Waals surface area contributed by atoms with Gasteiger partial charge in [0.15, 0.2) is 17.5 Å². The van der Waals surface area contributed by atoms with E-state index in [9.17, 15) is 4.39 Å². The van der Waals surface area contributed by atoms with E-state index in [1.165, 1.54) is 7.11 Å². The van der Waals surface area contributed by atoms with Crippen LogP contribution in [-0.2, 0) is 19.5 Å². The molecule has 0 atom stereocenters. The highest BCUT2D eigenvalue weighted by Gasteiger charge is 2.20. The van der Waals surface area contributed by atoms with Crippen molar-refractivity contribution >= 4 is 17.3 Å². The van der Waals surface area contributed by atoms with Crippen LogP contribution in [-0.4, -0.2) is 49.1 Å². The molecule has 1 aliphatic rings. The van der Waals surface area contributed by atoms with Gasteiger partial charge in [0.2, 0.25) is 0 Å². The Hall–Kier alpha value is -2.19. The molecule has 6 nitrogen and oxygen atoms in total. The topological polar surface area (TPSA) is 61.8 Å². The molecule has 1 saturated heterocycles. The molecule has 1 aromatic carbocycles. The summed E-state index contributed by atoms with van der Waals surface area (Å²) >= 11 is 1.70. The summed E-state index contributed by atoms with van der Waals surface area (Å²) in [4.78, 5) is 11.3. The van der Waals surface area contributed by atoms with Crippen LogP contribution >= 0.6 is 11.3 Å². The predicted octanol–water partition coefficient (Wildman–Crippen LogP) is 3.18. The minimum absolute atomic E-state index is 0.291. The van der Waals surface area contributed by atoms with Gasteiger partial charge in [0, 0.05) is 38.1 Å². The molecule has 0 radical (unpaired) electrons. The number of methoxy groups -OCH3 is 1. The van der Waals surface area contributed by atoms with Gasteiger partial charge in [-0.3, -0.25) is 9.89 Å². The molecule has 0 bridgehead atoms. The first-order chi connectivity index (χ1) is 14.1. The van der Waals surface area contributed by atoms with Gasteiger partial charge in [0.25, 0.3) is 0 Å². The number of benzene rings is 1. The van der Waals surface area contributed by atoms with Gasteiger partial charge in [0.1, 0.15) is 0 Å². The largest absolute Gasteiger partial charge is 0.494 e. The Morgan fingerprint density at radius 3 is 2.79 bits per heavy atom. The van der Waals surface area contributed by atoms with Gasteiger partial charge in [0.05, 0.1) is 24.4 Å². The van der Waals surface area contributed by atoms with Crippen molar-refractivity contribution in [3.8, 4) is 5.75 Å². The van der Waals surface area contributed by atoms with E-state index in [-0.39, 0.29) is 5.82 Å². The molecular formula is C21H30FN5OS. The Morgan fingerprint density at radius 1 is 1.38 bits per heavy atom. The summed E-state index contributed by atoms with van der Waals surface area (Å²) in [6, 6.07) is 5.57. The summed E-state index contributed by atoms with van der Waals surface area (Å²) < 4.78 is 18.9. The lowest BCUT2D eigenvalue weighted by molar-refractivity contribution is 0.198. The molecule has 8 heteroatoms. The van der Waals surface area contributed by atoms with Crippen molar-refractivity contribution in [1.82, 2.24) is 20.5 Å². The highest BCUT2D eigenvalue weighted by Crippen LogP contribution is 2.20. The quantitative estimate of drug-likeness (QED) is 0.533. The van der Waals surface area contributed by atoms with Crippen LogP contribution in [0.1, 0.15) is 36.0 Å². The van der Waals surface area contributed by atoms with Crippen LogP contribution in [0.5, 0.6) is 5.75 Å². The van der Waals surface area contributed by atoms with E-state index in [1.54, 1.807) is 30.5 Å². The number of guanidine groups is 1. The van der Waals surface area contributed by atoms with Crippen LogP contribution in [0, 0.1) is 5.82 Å². The van der Waals surface area contributed by atoms with Crippen molar-refractivity contribution < 1.29 is 9.13 Å². The Bertz CT molecular complexity index is 817. The molecule has 0 spiro atoms. The number of hydrogen-bond acceptors (Lipinski definition) is 5. The second-order valence-electron chi connectivity index (χ2n) is 7.18. The van der Waals surface area contributed by atoms with Crippen LogP contribution in [0.4, 0.5) is 4.39 Å². The lowest BCUT2D eigenvalue weighted by atomic mass is 10.0. The number of halogens is 1. The standard InChI is InChI=1S/C21H30FN5OS/c1-4-20-25-17(14-29-20)12-24-21(23-2)26-16-7-9-27(10-8-16)13-15-5-6-19(28-3)18(22)11-15/h5-6,11,14,16H,4,7-10,12-13H2,1-3H3,(H2,23,24,26). The van der Waals surface area contributed by atoms with Crippen molar-refractivity contribution in [2.75, 3.05) is 27.2 Å². The van der Waals surface area contributed by atoms with E-state index < -0.39 is 0 Å². The van der Waals surface area contributed by atoms with E-state index in [0.717, 1.165) is 61.1 Å². The smallest absolute Gasteiger partial charge is 0.191 e. The van der Waals surface area contributed by atoms with E-state index in [1.807, 2.05) is 6.07 Å². The van der Waals surface area contributed by atoms with Gasteiger partial charge in [-0.1, -0.05) is 13.0 Å². The zero-order valence-electron chi connectivity index (χ0n) is 17.4. The summed E-state index contributed by atoms with van der Waals surface area (Å²) in [5.74, 6) is 0.799. The SMILES string of the molecule is CCc1nc(CNC(=NC)NC2CCN(Cc3ccc(OC)c(F)c3)CC2)cs1. The van der Waals surface area contributed by atoms with E-state index in [4.69, 9.17) is 4.74 Å². The lowest BCUT2D eigenvalue weighted by Gasteiger charge is -2.33. The van der Waals surface area contributed by atoms with Crippen LogP contribution in [0.3, 0.4) is 0 Å². The average Bonchev–Trinajstić information content (AvgIpc) is 3.20. The Labute approximate surface area is 176 Å². The normalized spacial score (nSPS) is 16.1. The third-order valence-electron chi connectivity index (χ3n) is 5.11. The molecule has 0 unspecified atom stereocenters. The number of ether oxygens (including phenoxy) is 1. The third kappa shape index (κ3) is 6.14. The second kappa shape index (κ2) is 10.5. The predicted molar refractivity (Wildman–Crippen MR) is 116 cm³/mol. The van der Waals surface area contributed by atoms with Gasteiger partial charge in [-0.15, -0.1) is 11.3 Å². The van der Waals surface area contributed by atoms with Gasteiger partial charge < -0.3 is 15.4 Å². The molecule has 0 amide bonds. The third-order valence-corrected chi connectivity index (χ3v) is 6.16. The first-order valence-electron chi connectivity index (χ1n) is 10.1. The Balaban J connectivity index is 1.43. The molecule has 2 aromatic rings. The maximum Gasteiger partial charge on any atom is 0.191 e. The summed E-state index contributed by atoms with van der Waals surface area (Å²) in [5.41, 5.74) is 2.03. The summed E-state index contributed by atoms with van der Waals surface area (Å²) in [7, 11) is 3.28. The van der Waals surface area contributed by atoms with Gasteiger partial charge in [-0.2, -0.15) is 0 Å². The average molecular weight is 420 g/mol. The molecular weight excluding hydrogens is 389 g/mol. The fourth-order valence-electron chi connectivity index (χ4n) is 3.46. The van der Waals surface area contributed by atoms with E-state index in [0.29, 0.717) is 18.3 Å². The van der Waals surface area contributed by atoms with Crippen LogP contribution in [0.25, 0.3) is 0 Å². The number of rotatable bonds is 7. The van der Waals surface area contributed by atoms with Crippen molar-refractivity contribution in [2.45, 2.75) is 45.3 Å². The number of piperidine rings is 1. The zero-order chi connectivity index (χ0) is 20.6. The van der Waals surface area contributed by atoms with Gasteiger partial charge in [-0.25, -0.2) is 9.37 Å². The first-order valence-corrected chi connectivity index (χ1v) is 10.9. The molecule has 3 rings (SSSR count). The van der Waals surface area contributed by atoms with Crippen molar-refractivity contribution in [2.24, 2.45) is 4.99 Å². The fourth-order valence-corrected chi connectivity index (χ4v) is 4.20. The Kier molecular flexibility index (Phi) is 7.83. The minimum Gasteiger partial charge on any atom is -0.494 e. The van der Waals surface area contributed by atoms with Gasteiger partial charge in [-0.05, 0) is 37.0 Å². The lowest BCUT2D eigenvalue weighted by Crippen LogP contribution is -2.48. The number of aromatic nitrogens is 1. The first kappa shape index (κ1) is 21.5. The van der Waals surface area contributed by atoms with Crippen LogP contribution in [0.2, 0.25) is 0 Å².